The fourth-order valence-corrected chi connectivity index (χ4v) is 1.30. The zero-order valence-corrected chi connectivity index (χ0v) is 8.99. The lowest BCUT2D eigenvalue weighted by Gasteiger charge is -2.06. The van der Waals surface area contributed by atoms with Crippen molar-refractivity contribution in [3.63, 3.8) is 0 Å². The molecule has 2 aromatic heterocycles. The number of hydrogen-bond donors (Lipinski definition) is 1. The van der Waals surface area contributed by atoms with Crippen LogP contribution in [0.5, 0.6) is 0 Å². The van der Waals surface area contributed by atoms with Crippen LogP contribution in [0.2, 0.25) is 5.02 Å². The number of hydrogen-bond acceptors (Lipinski definition) is 3. The van der Waals surface area contributed by atoms with Gasteiger partial charge in [0.2, 0.25) is 0 Å². The standard InChI is InChI=1S/C11H10ClN3/c1-8-3-2-6-13-11(8)15-10-5-4-9(12)7-14-10/h2-7H,1H3,(H,13,14,15). The van der Waals surface area contributed by atoms with E-state index in [1.54, 1.807) is 18.5 Å². The Kier molecular flexibility index (Phi) is 2.83. The van der Waals surface area contributed by atoms with Crippen LogP contribution in [0.15, 0.2) is 36.7 Å². The van der Waals surface area contributed by atoms with Crippen molar-refractivity contribution in [2.24, 2.45) is 0 Å². The SMILES string of the molecule is Cc1cccnc1Nc1ccc(Cl)cn1. The van der Waals surface area contributed by atoms with E-state index < -0.39 is 0 Å². The van der Waals surface area contributed by atoms with E-state index in [2.05, 4.69) is 15.3 Å². The van der Waals surface area contributed by atoms with Gasteiger partial charge in [0.1, 0.15) is 11.6 Å². The van der Waals surface area contributed by atoms with E-state index in [4.69, 9.17) is 11.6 Å². The van der Waals surface area contributed by atoms with Crippen LogP contribution in [0, 0.1) is 6.92 Å². The van der Waals surface area contributed by atoms with E-state index >= 15 is 0 Å². The number of rotatable bonds is 2. The number of aromatic nitrogens is 2. The van der Waals surface area contributed by atoms with Gasteiger partial charge in [0.05, 0.1) is 5.02 Å². The molecule has 1 N–H and O–H groups in total. The summed E-state index contributed by atoms with van der Waals surface area (Å²) in [5.41, 5.74) is 1.08. The van der Waals surface area contributed by atoms with Crippen LogP contribution in [-0.2, 0) is 0 Å². The van der Waals surface area contributed by atoms with Crippen LogP contribution in [0.3, 0.4) is 0 Å². The van der Waals surface area contributed by atoms with Crippen LogP contribution >= 0.6 is 11.6 Å². The molecule has 0 aliphatic rings. The summed E-state index contributed by atoms with van der Waals surface area (Å²) in [6, 6.07) is 7.49. The molecule has 0 spiro atoms. The fourth-order valence-electron chi connectivity index (χ4n) is 1.19. The first-order valence-electron chi connectivity index (χ1n) is 4.56. The first-order chi connectivity index (χ1) is 7.25. The molecular formula is C11H10ClN3. The van der Waals surface area contributed by atoms with E-state index in [1.807, 2.05) is 25.1 Å². The van der Waals surface area contributed by atoms with Gasteiger partial charge in [0, 0.05) is 12.4 Å². The molecule has 0 bridgehead atoms. The predicted octanol–water partition coefficient (Wildman–Crippen LogP) is 3.18. The van der Waals surface area contributed by atoms with E-state index in [1.165, 1.54) is 0 Å². The van der Waals surface area contributed by atoms with Gasteiger partial charge in [-0.1, -0.05) is 17.7 Å². The van der Waals surface area contributed by atoms with Crippen molar-refractivity contribution in [1.82, 2.24) is 9.97 Å². The lowest BCUT2D eigenvalue weighted by Crippen LogP contribution is -1.97. The van der Waals surface area contributed by atoms with Crippen LogP contribution in [0.4, 0.5) is 11.6 Å². The van der Waals surface area contributed by atoms with Gasteiger partial charge in [-0.3, -0.25) is 0 Å². The smallest absolute Gasteiger partial charge is 0.134 e. The molecule has 0 aliphatic carbocycles. The quantitative estimate of drug-likeness (QED) is 0.843. The first-order valence-corrected chi connectivity index (χ1v) is 4.94. The normalized spacial score (nSPS) is 10.0. The topological polar surface area (TPSA) is 37.8 Å². The lowest BCUT2D eigenvalue weighted by molar-refractivity contribution is 1.22. The van der Waals surface area contributed by atoms with Crippen molar-refractivity contribution in [2.75, 3.05) is 5.32 Å². The maximum absolute atomic E-state index is 5.74. The third-order valence-corrected chi connectivity index (χ3v) is 2.21. The average molecular weight is 220 g/mol. The van der Waals surface area contributed by atoms with Gasteiger partial charge >= 0.3 is 0 Å². The molecule has 0 amide bonds. The molecule has 0 aliphatic heterocycles. The molecule has 4 heteroatoms. The Morgan fingerprint density at radius 1 is 1.20 bits per heavy atom. The average Bonchev–Trinajstić information content (AvgIpc) is 2.25. The predicted molar refractivity (Wildman–Crippen MR) is 61.5 cm³/mol. The number of halogens is 1. The lowest BCUT2D eigenvalue weighted by atomic mass is 10.3. The van der Waals surface area contributed by atoms with Gasteiger partial charge in [0.15, 0.2) is 0 Å². The number of anilines is 2. The molecule has 0 aromatic carbocycles. The maximum atomic E-state index is 5.74. The number of pyridine rings is 2. The van der Waals surface area contributed by atoms with Gasteiger partial charge in [-0.15, -0.1) is 0 Å². The van der Waals surface area contributed by atoms with Gasteiger partial charge in [-0.05, 0) is 30.7 Å². The Morgan fingerprint density at radius 3 is 2.73 bits per heavy atom. The largest absolute Gasteiger partial charge is 0.325 e. The van der Waals surface area contributed by atoms with E-state index in [9.17, 15) is 0 Å². The maximum Gasteiger partial charge on any atom is 0.134 e. The minimum Gasteiger partial charge on any atom is -0.325 e. The second-order valence-corrected chi connectivity index (χ2v) is 3.59. The summed E-state index contributed by atoms with van der Waals surface area (Å²) < 4.78 is 0. The van der Waals surface area contributed by atoms with E-state index in [-0.39, 0.29) is 0 Å². The van der Waals surface area contributed by atoms with Crippen molar-refractivity contribution < 1.29 is 0 Å². The van der Waals surface area contributed by atoms with Crippen molar-refractivity contribution in [3.8, 4) is 0 Å². The molecule has 0 radical (unpaired) electrons. The molecule has 0 fully saturated rings. The summed E-state index contributed by atoms with van der Waals surface area (Å²) in [4.78, 5) is 8.34. The van der Waals surface area contributed by atoms with Crippen molar-refractivity contribution >= 4 is 23.2 Å². The van der Waals surface area contributed by atoms with Crippen LogP contribution in [0.25, 0.3) is 0 Å². The van der Waals surface area contributed by atoms with Crippen LogP contribution in [-0.4, -0.2) is 9.97 Å². The summed E-state index contributed by atoms with van der Waals surface area (Å²) in [6.07, 6.45) is 3.34. The van der Waals surface area contributed by atoms with Gasteiger partial charge in [-0.2, -0.15) is 0 Å². The molecule has 2 rings (SSSR count). The summed E-state index contributed by atoms with van der Waals surface area (Å²) in [6.45, 7) is 1.99. The van der Waals surface area contributed by atoms with Crippen LogP contribution in [0.1, 0.15) is 5.56 Å². The molecule has 2 aromatic rings. The Bertz CT molecular complexity index is 454. The molecule has 0 saturated carbocycles. The Balaban J connectivity index is 2.22. The minimum atomic E-state index is 0.623. The molecule has 0 unspecified atom stereocenters. The highest BCUT2D eigenvalue weighted by Crippen LogP contribution is 2.16. The van der Waals surface area contributed by atoms with Crippen LogP contribution < -0.4 is 5.32 Å². The zero-order valence-electron chi connectivity index (χ0n) is 8.24. The van der Waals surface area contributed by atoms with Gasteiger partial charge < -0.3 is 5.32 Å². The molecular weight excluding hydrogens is 210 g/mol. The number of nitrogens with zero attached hydrogens (tertiary/aromatic N) is 2. The second-order valence-electron chi connectivity index (χ2n) is 3.16. The van der Waals surface area contributed by atoms with E-state index in [0.717, 1.165) is 17.2 Å². The third-order valence-electron chi connectivity index (χ3n) is 1.98. The Morgan fingerprint density at radius 2 is 2.07 bits per heavy atom. The Labute approximate surface area is 93.1 Å². The minimum absolute atomic E-state index is 0.623. The fraction of sp³-hybridized carbons (Fsp3) is 0.0909. The van der Waals surface area contributed by atoms with E-state index in [0.29, 0.717) is 5.02 Å². The number of nitrogens with one attached hydrogen (secondary N) is 1. The first kappa shape index (κ1) is 9.93. The Hall–Kier alpha value is -1.61. The highest BCUT2D eigenvalue weighted by molar-refractivity contribution is 6.30. The zero-order chi connectivity index (χ0) is 10.7. The van der Waals surface area contributed by atoms with Crippen molar-refractivity contribution in [1.29, 1.82) is 0 Å². The van der Waals surface area contributed by atoms with Gasteiger partial charge in [0.25, 0.3) is 0 Å². The highest BCUT2D eigenvalue weighted by atomic mass is 35.5. The van der Waals surface area contributed by atoms with Crippen molar-refractivity contribution in [2.45, 2.75) is 6.92 Å². The molecule has 3 nitrogen and oxygen atoms in total. The number of aryl methyl sites for hydroxylation is 1. The highest BCUT2D eigenvalue weighted by Gasteiger charge is 1.99. The molecule has 15 heavy (non-hydrogen) atoms. The molecule has 0 atom stereocenters. The van der Waals surface area contributed by atoms with Gasteiger partial charge in [-0.25, -0.2) is 9.97 Å². The summed E-state index contributed by atoms with van der Waals surface area (Å²) in [5.74, 6) is 1.55. The molecule has 76 valence electrons. The summed E-state index contributed by atoms with van der Waals surface area (Å²) in [7, 11) is 0. The van der Waals surface area contributed by atoms with Crippen molar-refractivity contribution in [3.05, 3.63) is 47.2 Å². The summed E-state index contributed by atoms with van der Waals surface area (Å²) >= 11 is 5.74. The monoisotopic (exact) mass is 219 g/mol. The second kappa shape index (κ2) is 4.28. The third kappa shape index (κ3) is 2.44. The summed E-state index contributed by atoms with van der Waals surface area (Å²) in [5, 5.41) is 3.74. The molecule has 0 saturated heterocycles. The molecule has 2 heterocycles.